The van der Waals surface area contributed by atoms with Crippen molar-refractivity contribution < 1.29 is 25.9 Å². The third kappa shape index (κ3) is 19.7. The number of rotatable bonds is 7. The van der Waals surface area contributed by atoms with Gasteiger partial charge in [0.05, 0.1) is 0 Å². The summed E-state index contributed by atoms with van der Waals surface area (Å²) in [6.07, 6.45) is 1.66. The van der Waals surface area contributed by atoms with E-state index in [9.17, 15) is 4.79 Å². The summed E-state index contributed by atoms with van der Waals surface area (Å²) in [5.74, 6) is 0.523. The predicted octanol–water partition coefficient (Wildman–Crippen LogP) is 1.80. The number of ketones is 1. The molecule has 0 amide bonds. The van der Waals surface area contributed by atoms with Gasteiger partial charge in [0, 0.05) is 0 Å². The maximum atomic E-state index is 10.6. The van der Waals surface area contributed by atoms with E-state index in [4.69, 9.17) is 0 Å². The van der Waals surface area contributed by atoms with Crippen LogP contribution in [0.1, 0.15) is 33.6 Å². The molecule has 1 atom stereocenters. The maximum absolute atomic E-state index is 10.6. The molecule has 2 N–H and O–H groups in total. The molecule has 0 spiro atoms. The van der Waals surface area contributed by atoms with E-state index in [0.717, 1.165) is 26.1 Å². The van der Waals surface area contributed by atoms with Crippen LogP contribution in [0.25, 0.3) is 0 Å². The Morgan fingerprint density at radius 2 is 1.75 bits per heavy atom. The van der Waals surface area contributed by atoms with Crippen molar-refractivity contribution in [3.05, 3.63) is 14.0 Å². The van der Waals surface area contributed by atoms with Crippen molar-refractivity contribution in [2.75, 3.05) is 19.6 Å². The maximum Gasteiger partial charge on any atom is 2.00 e. The van der Waals surface area contributed by atoms with Crippen molar-refractivity contribution in [2.45, 2.75) is 33.6 Å². The van der Waals surface area contributed by atoms with Gasteiger partial charge in [-0.3, -0.25) is 7.05 Å². The third-order valence-electron chi connectivity index (χ3n) is 2.03. The molecule has 0 aliphatic carbocycles. The second-order valence-electron chi connectivity index (χ2n) is 3.43. The van der Waals surface area contributed by atoms with Gasteiger partial charge < -0.3 is 22.4 Å². The summed E-state index contributed by atoms with van der Waals surface area (Å²) in [6, 6.07) is 0. The number of nitrogens with one attached hydrogen (secondary N) is 2. The van der Waals surface area contributed by atoms with Crippen LogP contribution in [0.3, 0.4) is 0 Å². The van der Waals surface area contributed by atoms with E-state index >= 15 is 0 Å². The molecule has 0 saturated carbocycles. The zero-order chi connectivity index (χ0) is 12.1. The van der Waals surface area contributed by atoms with Crippen LogP contribution in [0.15, 0.2) is 0 Å². The van der Waals surface area contributed by atoms with Crippen LogP contribution in [-0.4, -0.2) is 25.4 Å². The molecule has 0 aromatic heterocycles. The summed E-state index contributed by atoms with van der Waals surface area (Å²) >= 11 is 0. The van der Waals surface area contributed by atoms with Crippen LogP contribution in [-0.2, 0) is 25.9 Å². The van der Waals surface area contributed by atoms with E-state index in [1.54, 1.807) is 0 Å². The molecule has 96 valence electrons. The molecule has 0 aromatic carbocycles. The molecule has 0 saturated heterocycles. The Morgan fingerprint density at radius 1 is 1.25 bits per heavy atom. The Kier molecular flexibility index (Phi) is 23.5. The molecule has 0 aromatic rings. The number of carbonyl (C=O) groups excluding carboxylic acids is 1. The van der Waals surface area contributed by atoms with Gasteiger partial charge in [-0.1, -0.05) is 27.2 Å². The van der Waals surface area contributed by atoms with Crippen LogP contribution in [0.4, 0.5) is 0 Å². The molecular weight excluding hydrogens is 372 g/mol. The van der Waals surface area contributed by atoms with E-state index in [-0.39, 0.29) is 26.8 Å². The van der Waals surface area contributed by atoms with E-state index < -0.39 is 0 Å². The molecule has 0 aliphatic heterocycles. The van der Waals surface area contributed by atoms with Gasteiger partial charge >= 0.3 is 21.1 Å². The molecule has 0 fully saturated rings. The van der Waals surface area contributed by atoms with Crippen LogP contribution in [0.2, 0.25) is 0 Å². The molecule has 0 bridgehead atoms. The largest absolute Gasteiger partial charge is 2.00 e. The van der Waals surface area contributed by atoms with Gasteiger partial charge in [0.2, 0.25) is 0 Å². The van der Waals surface area contributed by atoms with Gasteiger partial charge in [0.1, 0.15) is 0 Å². The molecule has 0 aliphatic rings. The molecule has 0 heterocycles. The summed E-state index contributed by atoms with van der Waals surface area (Å²) in [7, 11) is 3.35. The fraction of sp³-hybridized carbons (Fsp3) is 0.750. The van der Waals surface area contributed by atoms with Gasteiger partial charge in [-0.15, -0.1) is 0 Å². The van der Waals surface area contributed by atoms with Crippen molar-refractivity contribution in [3.63, 3.8) is 0 Å². The van der Waals surface area contributed by atoms with Crippen molar-refractivity contribution >= 4 is 5.78 Å². The first-order chi connectivity index (χ1) is 7.12. The minimum absolute atomic E-state index is 0. The molecule has 3 nitrogen and oxygen atoms in total. The molecule has 16 heavy (non-hydrogen) atoms. The third-order valence-corrected chi connectivity index (χ3v) is 2.03. The first-order valence-corrected chi connectivity index (χ1v) is 5.67. The molecule has 0 rings (SSSR count). The van der Waals surface area contributed by atoms with E-state index in [2.05, 4.69) is 38.5 Å². The quantitative estimate of drug-likeness (QED) is 0.643. The average molecular weight is 398 g/mol. The second kappa shape index (κ2) is 17.5. The molecule has 0 radical (unpaired) electrons. The summed E-state index contributed by atoms with van der Waals surface area (Å²) < 4.78 is 0. The summed E-state index contributed by atoms with van der Waals surface area (Å²) in [5.41, 5.74) is 0. The Hall–Kier alpha value is 0.148. The van der Waals surface area contributed by atoms with Crippen LogP contribution in [0, 0.1) is 19.9 Å². The molecular formula is C12H26N2OW. The van der Waals surface area contributed by atoms with Crippen molar-refractivity contribution in [1.29, 1.82) is 0 Å². The van der Waals surface area contributed by atoms with Crippen LogP contribution < -0.4 is 10.6 Å². The normalized spacial score (nSPS) is 10.8. The Balaban J connectivity index is -0.000000292. The van der Waals surface area contributed by atoms with Gasteiger partial charge in [-0.25, -0.2) is 0 Å². The molecule has 4 heteroatoms. The van der Waals surface area contributed by atoms with E-state index in [0.29, 0.717) is 12.3 Å². The van der Waals surface area contributed by atoms with E-state index in [1.165, 1.54) is 0 Å². The average Bonchev–Trinajstić information content (AvgIpc) is 2.24. The van der Waals surface area contributed by atoms with Crippen molar-refractivity contribution in [3.8, 4) is 0 Å². The standard InChI is InChI=1S/C9H18NO.C3H8N.W/c1-4-9(6-8(3)11)7-10-5-2;1-3-4-2;/h9-10H,3-7H2,1-2H3;4H,2-3H2,1H3;/q2*-1;+2. The fourth-order valence-corrected chi connectivity index (χ4v) is 1.03. The number of hydrogen-bond acceptors (Lipinski definition) is 3. The summed E-state index contributed by atoms with van der Waals surface area (Å²) in [6.45, 7) is 12.4. The number of hydrogen-bond donors (Lipinski definition) is 2. The minimum Gasteiger partial charge on any atom is -0.473 e. The summed E-state index contributed by atoms with van der Waals surface area (Å²) in [4.78, 5) is 10.6. The van der Waals surface area contributed by atoms with Gasteiger partial charge in [0.25, 0.3) is 0 Å². The zero-order valence-electron chi connectivity index (χ0n) is 10.8. The topological polar surface area (TPSA) is 41.1 Å². The molecule has 1 unspecified atom stereocenters. The van der Waals surface area contributed by atoms with Gasteiger partial charge in [0.15, 0.2) is 0 Å². The van der Waals surface area contributed by atoms with Crippen molar-refractivity contribution in [2.24, 2.45) is 5.92 Å². The fourth-order valence-electron chi connectivity index (χ4n) is 1.03. The SMILES string of the molecule is [CH2-]C(=O)CC(CC)CNCC.[CH2-]NCC.[W+2]. The Bertz CT molecular complexity index is 141. The Morgan fingerprint density at radius 3 is 2.00 bits per heavy atom. The van der Waals surface area contributed by atoms with Gasteiger partial charge in [-0.2, -0.15) is 0 Å². The zero-order valence-corrected chi connectivity index (χ0v) is 13.8. The smallest absolute Gasteiger partial charge is 0.473 e. The number of Topliss-reactive ketones (excluding diaryl/α,β-unsaturated/α-hetero) is 1. The van der Waals surface area contributed by atoms with Crippen molar-refractivity contribution in [1.82, 2.24) is 10.6 Å². The van der Waals surface area contributed by atoms with Crippen LogP contribution in [0.5, 0.6) is 0 Å². The van der Waals surface area contributed by atoms with Gasteiger partial charge in [-0.05, 0) is 37.8 Å². The Labute approximate surface area is 115 Å². The first kappa shape index (κ1) is 21.4. The van der Waals surface area contributed by atoms with E-state index in [1.807, 2.05) is 6.92 Å². The summed E-state index contributed by atoms with van der Waals surface area (Å²) in [5, 5.41) is 5.91. The first-order valence-electron chi connectivity index (χ1n) is 5.67. The minimum atomic E-state index is 0. The second-order valence-corrected chi connectivity index (χ2v) is 3.43. The monoisotopic (exact) mass is 398 g/mol. The number of carbonyl (C=O) groups is 1. The van der Waals surface area contributed by atoms with Crippen LogP contribution >= 0.6 is 0 Å². The predicted molar refractivity (Wildman–Crippen MR) is 66.3 cm³/mol.